The third kappa shape index (κ3) is 2.93. The number of aromatic nitrogens is 1. The molecule has 30 heavy (non-hydrogen) atoms. The van der Waals surface area contributed by atoms with E-state index in [2.05, 4.69) is 18.8 Å². The molecule has 1 aromatic heterocycles. The second-order valence-electron chi connectivity index (χ2n) is 10.5. The molecule has 8 atom stereocenters. The van der Waals surface area contributed by atoms with E-state index in [1.165, 1.54) is 0 Å². The van der Waals surface area contributed by atoms with Gasteiger partial charge < -0.3 is 0 Å². The van der Waals surface area contributed by atoms with Crippen LogP contribution in [0.2, 0.25) is 0 Å². The molecule has 0 amide bonds. The molecule has 0 aliphatic heterocycles. The highest BCUT2D eigenvalue weighted by molar-refractivity contribution is 8.00. The number of fused-ring (bicyclic) bond motifs is 5. The molecular weight excluding hydrogens is 416 g/mol. The highest BCUT2D eigenvalue weighted by Crippen LogP contribution is 2.70. The monoisotopic (exact) mass is 449 g/mol. The van der Waals surface area contributed by atoms with Crippen LogP contribution in [0.4, 0.5) is 8.78 Å². The van der Waals surface area contributed by atoms with Gasteiger partial charge in [-0.2, -0.15) is 0 Å². The smallest absolute Gasteiger partial charge is 0.149 e. The van der Waals surface area contributed by atoms with E-state index in [1.54, 1.807) is 11.3 Å². The fourth-order valence-electron chi connectivity index (χ4n) is 7.86. The molecule has 1 aromatic rings. The van der Waals surface area contributed by atoms with Crippen LogP contribution in [0, 0.1) is 34.5 Å². The molecule has 3 fully saturated rings. The Bertz CT molecular complexity index is 851. The summed E-state index contributed by atoms with van der Waals surface area (Å²) in [4.78, 5) is 4.39. The summed E-state index contributed by atoms with van der Waals surface area (Å²) in [6.45, 7) is 6.72. The zero-order valence-electron chi connectivity index (χ0n) is 18.2. The van der Waals surface area contributed by atoms with Crippen molar-refractivity contribution in [1.82, 2.24) is 4.98 Å². The third-order valence-electron chi connectivity index (χ3n) is 9.36. The Balaban J connectivity index is 1.40. The van der Waals surface area contributed by atoms with Gasteiger partial charge >= 0.3 is 0 Å². The molecular formula is C25H33F2NS2. The Hall–Kier alpha value is -0.680. The maximum atomic E-state index is 16.9. The third-order valence-corrected chi connectivity index (χ3v) is 11.4. The minimum absolute atomic E-state index is 0.124. The van der Waals surface area contributed by atoms with Crippen molar-refractivity contribution in [2.24, 2.45) is 34.5 Å². The number of hydrogen-bond acceptors (Lipinski definition) is 3. The van der Waals surface area contributed by atoms with E-state index < -0.39 is 17.3 Å². The number of halogens is 2. The molecule has 1 heterocycles. The van der Waals surface area contributed by atoms with Crippen molar-refractivity contribution in [3.05, 3.63) is 35.4 Å². The van der Waals surface area contributed by atoms with Crippen LogP contribution in [0.3, 0.4) is 0 Å². The first-order valence-electron chi connectivity index (χ1n) is 11.5. The molecule has 164 valence electrons. The predicted molar refractivity (Wildman–Crippen MR) is 122 cm³/mol. The zero-order valence-corrected chi connectivity index (χ0v) is 19.9. The highest BCUT2D eigenvalue weighted by Gasteiger charge is 2.68. The molecule has 0 spiro atoms. The van der Waals surface area contributed by atoms with Crippen molar-refractivity contribution in [2.45, 2.75) is 75.5 Å². The van der Waals surface area contributed by atoms with Crippen molar-refractivity contribution < 1.29 is 8.78 Å². The number of nitrogens with zero attached hydrogens (tertiary/aromatic N) is 1. The van der Waals surface area contributed by atoms with Crippen LogP contribution in [0.5, 0.6) is 0 Å². The minimum atomic E-state index is -1.31. The average molecular weight is 450 g/mol. The van der Waals surface area contributed by atoms with E-state index in [1.807, 2.05) is 48.5 Å². The molecule has 4 aliphatic carbocycles. The van der Waals surface area contributed by atoms with E-state index in [0.29, 0.717) is 24.7 Å². The van der Waals surface area contributed by atoms with Crippen LogP contribution in [0.15, 0.2) is 39.7 Å². The van der Waals surface area contributed by atoms with Crippen LogP contribution in [-0.4, -0.2) is 22.6 Å². The Morgan fingerprint density at radius 3 is 2.83 bits per heavy atom. The Labute approximate surface area is 187 Å². The van der Waals surface area contributed by atoms with Crippen molar-refractivity contribution in [1.29, 1.82) is 0 Å². The zero-order chi connectivity index (χ0) is 21.1. The van der Waals surface area contributed by atoms with Crippen LogP contribution in [-0.2, 0) is 0 Å². The van der Waals surface area contributed by atoms with Gasteiger partial charge in [0.15, 0.2) is 0 Å². The van der Waals surface area contributed by atoms with Gasteiger partial charge in [-0.3, -0.25) is 0 Å². The molecule has 5 heteroatoms. The lowest BCUT2D eigenvalue weighted by Gasteiger charge is -2.61. The van der Waals surface area contributed by atoms with E-state index in [-0.39, 0.29) is 17.3 Å². The van der Waals surface area contributed by atoms with Crippen molar-refractivity contribution in [2.75, 3.05) is 5.75 Å². The van der Waals surface area contributed by atoms with Gasteiger partial charge in [0.25, 0.3) is 0 Å². The van der Waals surface area contributed by atoms with Crippen molar-refractivity contribution in [3.8, 4) is 0 Å². The summed E-state index contributed by atoms with van der Waals surface area (Å²) in [5, 5.41) is 2.03. The number of thiazole rings is 1. The van der Waals surface area contributed by atoms with Gasteiger partial charge in [-0.25, -0.2) is 13.8 Å². The van der Waals surface area contributed by atoms with E-state index >= 15 is 8.78 Å². The summed E-state index contributed by atoms with van der Waals surface area (Å²) in [7, 11) is 0. The first-order chi connectivity index (χ1) is 14.3. The van der Waals surface area contributed by atoms with Gasteiger partial charge in [-0.1, -0.05) is 43.8 Å². The Morgan fingerprint density at radius 2 is 2.07 bits per heavy atom. The van der Waals surface area contributed by atoms with E-state index in [4.69, 9.17) is 0 Å². The summed E-state index contributed by atoms with van der Waals surface area (Å²) in [5.74, 6) is 2.34. The molecule has 1 nitrogen and oxygen atoms in total. The molecule has 0 aromatic carbocycles. The van der Waals surface area contributed by atoms with Crippen LogP contribution in [0.1, 0.15) is 59.3 Å². The topological polar surface area (TPSA) is 12.9 Å². The average Bonchev–Trinajstić information content (AvgIpc) is 3.31. The summed E-state index contributed by atoms with van der Waals surface area (Å²) < 4.78 is 33.4. The number of hydrogen-bond donors (Lipinski definition) is 0. The lowest BCUT2D eigenvalue weighted by molar-refractivity contribution is -0.137. The molecule has 0 N–H and O–H groups in total. The van der Waals surface area contributed by atoms with Crippen LogP contribution < -0.4 is 0 Å². The van der Waals surface area contributed by atoms with Crippen molar-refractivity contribution in [3.63, 3.8) is 0 Å². The maximum Gasteiger partial charge on any atom is 0.149 e. The lowest BCUT2D eigenvalue weighted by atomic mass is 9.46. The number of allylic oxidation sites excluding steroid dienone is 4. The lowest BCUT2D eigenvalue weighted by Crippen LogP contribution is -2.61. The van der Waals surface area contributed by atoms with Gasteiger partial charge in [0, 0.05) is 28.7 Å². The summed E-state index contributed by atoms with van der Waals surface area (Å²) in [6.07, 6.45) is 11.7. The summed E-state index contributed by atoms with van der Waals surface area (Å²) >= 11 is 3.55. The Kier molecular flexibility index (Phi) is 5.25. The molecule has 0 bridgehead atoms. The SMILES string of the molecule is C[C@@H]1C[C@H]2[C@@H]3CC(F)C4=CCC=C[C@]4(C)[C@@]3(F)CC[C@]2(C)[C@H]1CCSc1nccs1. The van der Waals surface area contributed by atoms with Gasteiger partial charge in [0.1, 0.15) is 16.2 Å². The number of thioether (sulfide) groups is 1. The second kappa shape index (κ2) is 7.43. The van der Waals surface area contributed by atoms with E-state index in [9.17, 15) is 0 Å². The fraction of sp³-hybridized carbons (Fsp3) is 0.720. The van der Waals surface area contributed by atoms with Gasteiger partial charge in [-0.05, 0) is 74.2 Å². The molecule has 4 aliphatic rings. The number of rotatable bonds is 4. The minimum Gasteiger partial charge on any atom is -0.243 e. The summed E-state index contributed by atoms with van der Waals surface area (Å²) in [5.41, 5.74) is -1.24. The standard InChI is InChI=1S/C25H33F2NS2/c1-16-14-19-20-15-21(26)18-6-4-5-8-24(18,3)25(20,27)10-9-23(19,2)17(16)7-12-29-22-28-11-13-30-22/h5-6,8,11,13,16-17,19-21H,4,7,9-10,12,14-15H2,1-3H3/t16-,17+,19+,20+,21?,23-,24+,25-/m1/s1. The molecule has 1 unspecified atom stereocenters. The van der Waals surface area contributed by atoms with Gasteiger partial charge in [-0.15, -0.1) is 11.3 Å². The van der Waals surface area contributed by atoms with Gasteiger partial charge in [0.2, 0.25) is 0 Å². The van der Waals surface area contributed by atoms with Gasteiger partial charge in [0.05, 0.1) is 0 Å². The van der Waals surface area contributed by atoms with E-state index in [0.717, 1.165) is 41.3 Å². The second-order valence-corrected chi connectivity index (χ2v) is 12.8. The Morgan fingerprint density at radius 1 is 1.23 bits per heavy atom. The number of alkyl halides is 2. The first kappa shape index (κ1) is 21.2. The molecule has 0 radical (unpaired) electrons. The highest BCUT2D eigenvalue weighted by atomic mass is 32.2. The normalized spacial score (nSPS) is 47.4. The quantitative estimate of drug-likeness (QED) is 0.346. The first-order valence-corrected chi connectivity index (χ1v) is 13.4. The van der Waals surface area contributed by atoms with Crippen molar-refractivity contribution >= 4 is 23.1 Å². The largest absolute Gasteiger partial charge is 0.243 e. The molecule has 0 saturated heterocycles. The predicted octanol–water partition coefficient (Wildman–Crippen LogP) is 7.66. The molecule has 3 saturated carbocycles. The molecule has 5 rings (SSSR count). The maximum absolute atomic E-state index is 16.9. The fourth-order valence-corrected chi connectivity index (χ4v) is 9.59. The van der Waals surface area contributed by atoms with Crippen LogP contribution in [0.25, 0.3) is 0 Å². The summed E-state index contributed by atoms with van der Waals surface area (Å²) in [6, 6.07) is 0. The van der Waals surface area contributed by atoms with Crippen LogP contribution >= 0.6 is 23.1 Å².